The van der Waals surface area contributed by atoms with Crippen LogP contribution in [0.15, 0.2) is 35.1 Å². The normalized spacial score (nSPS) is 12.7. The van der Waals surface area contributed by atoms with Crippen molar-refractivity contribution in [3.05, 3.63) is 51.8 Å². The first-order valence-corrected chi connectivity index (χ1v) is 6.89. The predicted octanol–water partition coefficient (Wildman–Crippen LogP) is 3.19. The van der Waals surface area contributed by atoms with Gasteiger partial charge in [-0.25, -0.2) is 0 Å². The first kappa shape index (κ1) is 13.3. The second-order valence-corrected chi connectivity index (χ2v) is 5.30. The summed E-state index contributed by atoms with van der Waals surface area (Å²) in [6, 6.07) is 6.68. The van der Waals surface area contributed by atoms with Gasteiger partial charge in [0.25, 0.3) is 0 Å². The van der Waals surface area contributed by atoms with Crippen LogP contribution < -0.4 is 5.32 Å². The van der Waals surface area contributed by atoms with E-state index in [1.165, 1.54) is 16.7 Å². The highest BCUT2D eigenvalue weighted by molar-refractivity contribution is 9.10. The lowest BCUT2D eigenvalue weighted by Gasteiger charge is -2.17. The van der Waals surface area contributed by atoms with Gasteiger partial charge < -0.3 is 5.32 Å². The van der Waals surface area contributed by atoms with Gasteiger partial charge in [-0.05, 0) is 30.7 Å². The molecule has 0 fully saturated rings. The summed E-state index contributed by atoms with van der Waals surface area (Å²) in [5.74, 6) is 0. The van der Waals surface area contributed by atoms with E-state index in [4.69, 9.17) is 0 Å². The van der Waals surface area contributed by atoms with Gasteiger partial charge in [0.15, 0.2) is 0 Å². The van der Waals surface area contributed by atoms with Crippen molar-refractivity contribution >= 4 is 15.9 Å². The van der Waals surface area contributed by atoms with Crippen LogP contribution in [-0.2, 0) is 7.05 Å². The minimum Gasteiger partial charge on any atom is -0.306 e. The molecule has 0 saturated carbocycles. The zero-order valence-electron chi connectivity index (χ0n) is 10.9. The number of hydrogen-bond donors (Lipinski definition) is 1. The van der Waals surface area contributed by atoms with Crippen molar-refractivity contribution < 1.29 is 0 Å². The zero-order valence-corrected chi connectivity index (χ0v) is 12.5. The van der Waals surface area contributed by atoms with Crippen LogP contribution >= 0.6 is 15.9 Å². The van der Waals surface area contributed by atoms with E-state index < -0.39 is 0 Å². The van der Waals surface area contributed by atoms with Crippen LogP contribution in [0.1, 0.15) is 29.7 Å². The van der Waals surface area contributed by atoms with Crippen LogP contribution in [0.5, 0.6) is 0 Å². The third kappa shape index (κ3) is 2.82. The lowest BCUT2D eigenvalue weighted by Crippen LogP contribution is -2.21. The molecular formula is C14H18BrN3. The van der Waals surface area contributed by atoms with Gasteiger partial charge in [0.1, 0.15) is 0 Å². The highest BCUT2D eigenvalue weighted by Crippen LogP contribution is 2.26. The van der Waals surface area contributed by atoms with Crippen molar-refractivity contribution in [3.8, 4) is 0 Å². The van der Waals surface area contributed by atoms with E-state index in [1.807, 2.05) is 17.9 Å². The van der Waals surface area contributed by atoms with Gasteiger partial charge in [-0.1, -0.05) is 35.0 Å². The van der Waals surface area contributed by atoms with Crippen molar-refractivity contribution in [2.75, 3.05) is 6.54 Å². The Kier molecular flexibility index (Phi) is 4.19. The number of benzene rings is 1. The molecule has 0 aliphatic heterocycles. The molecule has 96 valence electrons. The van der Waals surface area contributed by atoms with Crippen LogP contribution in [0.3, 0.4) is 0 Å². The summed E-state index contributed by atoms with van der Waals surface area (Å²) in [6.45, 7) is 5.14. The average Bonchev–Trinajstić information content (AvgIpc) is 2.76. The molecule has 1 unspecified atom stereocenters. The Balaban J connectivity index is 2.37. The van der Waals surface area contributed by atoms with E-state index in [2.05, 4.69) is 64.6 Å². The maximum Gasteiger partial charge on any atom is 0.0608 e. The number of hydrogen-bond acceptors (Lipinski definition) is 2. The number of nitrogens with one attached hydrogen (secondary N) is 1. The Morgan fingerprint density at radius 2 is 2.17 bits per heavy atom. The lowest BCUT2D eigenvalue weighted by atomic mass is 10.0. The quantitative estimate of drug-likeness (QED) is 0.940. The molecular weight excluding hydrogens is 290 g/mol. The standard InChI is InChI=1S/C14H18BrN3/c1-4-16-14(12-8-17-18(3)9-12)11-6-5-10(2)13(15)7-11/h5-9,14,16H,4H2,1-3H3. The third-order valence-electron chi connectivity index (χ3n) is 3.00. The smallest absolute Gasteiger partial charge is 0.0608 e. The average molecular weight is 308 g/mol. The molecule has 0 aliphatic rings. The fourth-order valence-electron chi connectivity index (χ4n) is 2.01. The Hall–Kier alpha value is -1.13. The van der Waals surface area contributed by atoms with E-state index in [0.29, 0.717) is 0 Å². The van der Waals surface area contributed by atoms with Crippen molar-refractivity contribution in [1.29, 1.82) is 0 Å². The number of halogens is 1. The topological polar surface area (TPSA) is 29.9 Å². The van der Waals surface area contributed by atoms with Crippen LogP contribution in [0.2, 0.25) is 0 Å². The zero-order chi connectivity index (χ0) is 13.1. The second-order valence-electron chi connectivity index (χ2n) is 4.45. The van der Waals surface area contributed by atoms with E-state index in [1.54, 1.807) is 0 Å². The van der Waals surface area contributed by atoms with Gasteiger partial charge >= 0.3 is 0 Å². The van der Waals surface area contributed by atoms with Gasteiger partial charge in [0.2, 0.25) is 0 Å². The van der Waals surface area contributed by atoms with Crippen LogP contribution in [0.25, 0.3) is 0 Å². The lowest BCUT2D eigenvalue weighted by molar-refractivity contribution is 0.629. The molecule has 4 heteroatoms. The van der Waals surface area contributed by atoms with Gasteiger partial charge in [-0.2, -0.15) is 5.10 Å². The van der Waals surface area contributed by atoms with E-state index in [-0.39, 0.29) is 6.04 Å². The number of aromatic nitrogens is 2. The summed E-state index contributed by atoms with van der Waals surface area (Å²) in [6.07, 6.45) is 3.97. The molecule has 1 aromatic carbocycles. The summed E-state index contributed by atoms with van der Waals surface area (Å²) < 4.78 is 2.98. The highest BCUT2D eigenvalue weighted by atomic mass is 79.9. The molecule has 2 aromatic rings. The van der Waals surface area contributed by atoms with Crippen LogP contribution in [0.4, 0.5) is 0 Å². The Morgan fingerprint density at radius 3 is 2.72 bits per heavy atom. The molecule has 0 bridgehead atoms. The van der Waals surface area contributed by atoms with Crippen LogP contribution in [-0.4, -0.2) is 16.3 Å². The summed E-state index contributed by atoms with van der Waals surface area (Å²) in [7, 11) is 1.94. The molecule has 1 N–H and O–H groups in total. The number of rotatable bonds is 4. The molecule has 0 saturated heterocycles. The summed E-state index contributed by atoms with van der Waals surface area (Å²) in [5.41, 5.74) is 3.69. The van der Waals surface area contributed by atoms with Gasteiger partial charge in [0, 0.05) is 23.3 Å². The molecule has 1 aromatic heterocycles. The van der Waals surface area contributed by atoms with Crippen molar-refractivity contribution in [1.82, 2.24) is 15.1 Å². The molecule has 2 rings (SSSR count). The molecule has 0 aliphatic carbocycles. The molecule has 0 spiro atoms. The molecule has 18 heavy (non-hydrogen) atoms. The molecule has 0 radical (unpaired) electrons. The SMILES string of the molecule is CCNC(c1ccc(C)c(Br)c1)c1cnn(C)c1. The van der Waals surface area contributed by atoms with Crippen molar-refractivity contribution in [3.63, 3.8) is 0 Å². The highest BCUT2D eigenvalue weighted by Gasteiger charge is 2.15. The third-order valence-corrected chi connectivity index (χ3v) is 3.85. The number of aryl methyl sites for hydroxylation is 2. The monoisotopic (exact) mass is 307 g/mol. The molecule has 1 atom stereocenters. The van der Waals surface area contributed by atoms with Gasteiger partial charge in [0.05, 0.1) is 12.2 Å². The maximum absolute atomic E-state index is 4.25. The summed E-state index contributed by atoms with van der Waals surface area (Å²) >= 11 is 3.59. The predicted molar refractivity (Wildman–Crippen MR) is 77.6 cm³/mol. The summed E-state index contributed by atoms with van der Waals surface area (Å²) in [5, 5.41) is 7.75. The van der Waals surface area contributed by atoms with E-state index in [0.717, 1.165) is 11.0 Å². The fraction of sp³-hybridized carbons (Fsp3) is 0.357. The number of nitrogens with zero attached hydrogens (tertiary/aromatic N) is 2. The van der Waals surface area contributed by atoms with E-state index in [9.17, 15) is 0 Å². The van der Waals surface area contributed by atoms with E-state index >= 15 is 0 Å². The minimum atomic E-state index is 0.195. The summed E-state index contributed by atoms with van der Waals surface area (Å²) in [4.78, 5) is 0. The first-order valence-electron chi connectivity index (χ1n) is 6.09. The fourth-order valence-corrected chi connectivity index (χ4v) is 2.41. The molecule has 3 nitrogen and oxygen atoms in total. The van der Waals surface area contributed by atoms with Gasteiger partial charge in [-0.15, -0.1) is 0 Å². The Labute approximate surface area is 116 Å². The first-order chi connectivity index (χ1) is 8.61. The Morgan fingerprint density at radius 1 is 1.39 bits per heavy atom. The van der Waals surface area contributed by atoms with Gasteiger partial charge in [-0.3, -0.25) is 4.68 Å². The molecule has 1 heterocycles. The second kappa shape index (κ2) is 5.67. The molecule has 0 amide bonds. The maximum atomic E-state index is 4.25. The Bertz CT molecular complexity index is 534. The van der Waals surface area contributed by atoms with Crippen molar-refractivity contribution in [2.24, 2.45) is 7.05 Å². The largest absolute Gasteiger partial charge is 0.306 e. The van der Waals surface area contributed by atoms with Crippen molar-refractivity contribution in [2.45, 2.75) is 19.9 Å². The van der Waals surface area contributed by atoms with Crippen LogP contribution in [0, 0.1) is 6.92 Å². The minimum absolute atomic E-state index is 0.195.